The van der Waals surface area contributed by atoms with Crippen LogP contribution in [0.15, 0.2) is 24.3 Å². The number of aromatic nitrogens is 2. The van der Waals surface area contributed by atoms with E-state index in [0.717, 1.165) is 40.6 Å². The summed E-state index contributed by atoms with van der Waals surface area (Å²) in [5.74, 6) is 0.924. The summed E-state index contributed by atoms with van der Waals surface area (Å²) in [5.41, 5.74) is 9.30. The van der Waals surface area contributed by atoms with Crippen molar-refractivity contribution >= 4 is 11.6 Å². The smallest absolute Gasteiger partial charge is 0.127 e. The predicted molar refractivity (Wildman–Crippen MR) is 78.1 cm³/mol. The van der Waals surface area contributed by atoms with Crippen molar-refractivity contribution in [3.63, 3.8) is 0 Å². The van der Waals surface area contributed by atoms with Gasteiger partial charge in [0.2, 0.25) is 0 Å². The lowest BCUT2D eigenvalue weighted by Gasteiger charge is -2.20. The number of rotatable bonds is 2. The molecule has 4 heteroatoms. The van der Waals surface area contributed by atoms with Crippen LogP contribution in [-0.2, 0) is 5.54 Å². The number of benzene rings is 1. The molecule has 0 saturated heterocycles. The monoisotopic (exact) mass is 275 g/mol. The number of hydrogen-bond donors (Lipinski definition) is 2. The molecule has 3 rings (SSSR count). The van der Waals surface area contributed by atoms with Crippen LogP contribution in [0.3, 0.4) is 0 Å². The van der Waals surface area contributed by atoms with Crippen LogP contribution >= 0.6 is 11.6 Å². The Kier molecular flexibility index (Phi) is 3.11. The summed E-state index contributed by atoms with van der Waals surface area (Å²) in [4.78, 5) is 8.11. The van der Waals surface area contributed by atoms with Crippen molar-refractivity contribution < 1.29 is 0 Å². The molecule has 1 aliphatic carbocycles. The molecule has 0 radical (unpaired) electrons. The third-order valence-corrected chi connectivity index (χ3v) is 4.22. The Balaban J connectivity index is 1.99. The molecule has 1 aromatic carbocycles. The molecule has 0 unspecified atom stereocenters. The van der Waals surface area contributed by atoms with Gasteiger partial charge >= 0.3 is 0 Å². The first-order valence-electron chi connectivity index (χ1n) is 6.70. The van der Waals surface area contributed by atoms with Crippen molar-refractivity contribution in [3.8, 4) is 11.3 Å². The minimum atomic E-state index is -0.268. The Labute approximate surface area is 118 Å². The Bertz CT molecular complexity index is 580. The summed E-state index contributed by atoms with van der Waals surface area (Å²) >= 11 is 5.92. The highest BCUT2D eigenvalue weighted by Crippen LogP contribution is 2.36. The number of hydrogen-bond acceptors (Lipinski definition) is 2. The van der Waals surface area contributed by atoms with E-state index in [1.807, 2.05) is 31.2 Å². The van der Waals surface area contributed by atoms with Crippen molar-refractivity contribution in [1.29, 1.82) is 0 Å². The van der Waals surface area contributed by atoms with Gasteiger partial charge in [-0.15, -0.1) is 0 Å². The number of H-pyrrole nitrogens is 1. The molecule has 1 aromatic heterocycles. The van der Waals surface area contributed by atoms with Gasteiger partial charge in [-0.2, -0.15) is 0 Å². The lowest BCUT2D eigenvalue weighted by molar-refractivity contribution is 0.435. The zero-order chi connectivity index (χ0) is 13.5. The van der Waals surface area contributed by atoms with Crippen molar-refractivity contribution in [2.24, 2.45) is 5.73 Å². The summed E-state index contributed by atoms with van der Waals surface area (Å²) < 4.78 is 0. The molecule has 1 fully saturated rings. The highest BCUT2D eigenvalue weighted by atomic mass is 35.5. The van der Waals surface area contributed by atoms with Crippen LogP contribution in [-0.4, -0.2) is 9.97 Å². The van der Waals surface area contributed by atoms with Gasteiger partial charge in [0.25, 0.3) is 0 Å². The topological polar surface area (TPSA) is 54.7 Å². The molecule has 3 nitrogen and oxygen atoms in total. The summed E-state index contributed by atoms with van der Waals surface area (Å²) in [6, 6.07) is 7.76. The molecule has 0 bridgehead atoms. The van der Waals surface area contributed by atoms with Gasteiger partial charge in [-0.1, -0.05) is 36.6 Å². The first-order valence-corrected chi connectivity index (χ1v) is 7.08. The fraction of sp³-hybridized carbons (Fsp3) is 0.400. The molecule has 1 heterocycles. The van der Waals surface area contributed by atoms with Crippen LogP contribution in [0.25, 0.3) is 11.3 Å². The fourth-order valence-electron chi connectivity index (χ4n) is 2.83. The Morgan fingerprint density at radius 3 is 2.47 bits per heavy atom. The zero-order valence-electron chi connectivity index (χ0n) is 11.0. The van der Waals surface area contributed by atoms with E-state index in [0.29, 0.717) is 0 Å². The van der Waals surface area contributed by atoms with Gasteiger partial charge in [0.1, 0.15) is 5.82 Å². The van der Waals surface area contributed by atoms with Crippen LogP contribution in [0.2, 0.25) is 5.02 Å². The summed E-state index contributed by atoms with van der Waals surface area (Å²) in [6.45, 7) is 2.04. The van der Waals surface area contributed by atoms with Crippen molar-refractivity contribution in [2.75, 3.05) is 0 Å². The van der Waals surface area contributed by atoms with Gasteiger partial charge in [0.15, 0.2) is 0 Å². The number of halogens is 1. The Morgan fingerprint density at radius 2 is 1.84 bits per heavy atom. The molecular weight excluding hydrogens is 258 g/mol. The minimum Gasteiger partial charge on any atom is -0.344 e. The fourth-order valence-corrected chi connectivity index (χ4v) is 2.95. The molecule has 0 atom stereocenters. The van der Waals surface area contributed by atoms with Crippen LogP contribution < -0.4 is 5.73 Å². The Morgan fingerprint density at radius 1 is 1.21 bits per heavy atom. The molecule has 0 aliphatic heterocycles. The van der Waals surface area contributed by atoms with Crippen molar-refractivity contribution in [2.45, 2.75) is 38.1 Å². The highest BCUT2D eigenvalue weighted by molar-refractivity contribution is 6.30. The molecule has 100 valence electrons. The number of imidazole rings is 1. The zero-order valence-corrected chi connectivity index (χ0v) is 11.8. The number of aryl methyl sites for hydroxylation is 1. The van der Waals surface area contributed by atoms with Gasteiger partial charge in [-0.25, -0.2) is 4.98 Å². The maximum atomic E-state index is 6.45. The lowest BCUT2D eigenvalue weighted by Crippen LogP contribution is -2.34. The van der Waals surface area contributed by atoms with E-state index in [1.54, 1.807) is 0 Å². The average molecular weight is 276 g/mol. The third-order valence-electron chi connectivity index (χ3n) is 3.97. The summed E-state index contributed by atoms with van der Waals surface area (Å²) in [7, 11) is 0. The molecule has 1 aliphatic rings. The summed E-state index contributed by atoms with van der Waals surface area (Å²) in [6.07, 6.45) is 4.40. The quantitative estimate of drug-likeness (QED) is 0.877. The number of nitrogens with one attached hydrogen (secondary N) is 1. The second kappa shape index (κ2) is 4.66. The maximum Gasteiger partial charge on any atom is 0.127 e. The second-order valence-electron chi connectivity index (χ2n) is 5.43. The summed E-state index contributed by atoms with van der Waals surface area (Å²) in [5, 5.41) is 0.739. The molecule has 0 amide bonds. The molecule has 1 saturated carbocycles. The normalized spacial score (nSPS) is 17.8. The van der Waals surface area contributed by atoms with Gasteiger partial charge in [-0.3, -0.25) is 0 Å². The maximum absolute atomic E-state index is 6.45. The average Bonchev–Trinajstić information content (AvgIpc) is 2.98. The number of nitrogens with two attached hydrogens (primary N) is 1. The van der Waals surface area contributed by atoms with Crippen LogP contribution in [0, 0.1) is 6.92 Å². The van der Waals surface area contributed by atoms with Gasteiger partial charge < -0.3 is 10.7 Å². The van der Waals surface area contributed by atoms with Crippen molar-refractivity contribution in [3.05, 3.63) is 40.8 Å². The molecule has 0 spiro atoms. The van der Waals surface area contributed by atoms with E-state index in [1.165, 1.54) is 12.8 Å². The van der Waals surface area contributed by atoms with Gasteiger partial charge in [0, 0.05) is 16.3 Å². The first-order chi connectivity index (χ1) is 9.08. The Hall–Kier alpha value is -1.32. The number of nitrogens with zero attached hydrogens (tertiary/aromatic N) is 1. The number of aromatic amines is 1. The van der Waals surface area contributed by atoms with E-state index in [-0.39, 0.29) is 5.54 Å². The van der Waals surface area contributed by atoms with Gasteiger partial charge in [0.05, 0.1) is 11.2 Å². The second-order valence-corrected chi connectivity index (χ2v) is 5.87. The van der Waals surface area contributed by atoms with Gasteiger partial charge in [-0.05, 0) is 31.9 Å². The lowest BCUT2D eigenvalue weighted by atomic mass is 9.99. The van der Waals surface area contributed by atoms with Crippen LogP contribution in [0.5, 0.6) is 0 Å². The van der Waals surface area contributed by atoms with E-state index in [9.17, 15) is 0 Å². The van der Waals surface area contributed by atoms with Crippen LogP contribution in [0.1, 0.15) is 37.2 Å². The first kappa shape index (κ1) is 12.7. The largest absolute Gasteiger partial charge is 0.344 e. The SMILES string of the molecule is Cc1[nH]c(C2(N)CCCC2)nc1-c1ccc(Cl)cc1. The van der Waals surface area contributed by atoms with Crippen molar-refractivity contribution in [1.82, 2.24) is 9.97 Å². The minimum absolute atomic E-state index is 0.268. The predicted octanol–water partition coefficient (Wildman–Crippen LogP) is 3.77. The molecule has 2 aromatic rings. The molecule has 19 heavy (non-hydrogen) atoms. The standard InChI is InChI=1S/C15H18ClN3/c1-10-13(11-4-6-12(16)7-5-11)19-14(18-10)15(17)8-2-3-9-15/h4-7H,2-3,8-9,17H2,1H3,(H,18,19). The van der Waals surface area contributed by atoms with E-state index < -0.39 is 0 Å². The molecule has 3 N–H and O–H groups in total. The van der Waals surface area contributed by atoms with E-state index >= 15 is 0 Å². The van der Waals surface area contributed by atoms with E-state index in [4.69, 9.17) is 22.3 Å². The van der Waals surface area contributed by atoms with Crippen LogP contribution in [0.4, 0.5) is 0 Å². The highest BCUT2D eigenvalue weighted by Gasteiger charge is 2.34. The van der Waals surface area contributed by atoms with E-state index in [2.05, 4.69) is 4.98 Å². The third kappa shape index (κ3) is 2.28. The molecular formula is C15H18ClN3.